The fraction of sp³-hybridized carbons (Fsp3) is 0.875. The number of carbonyl (C=O) groups is 2. The van der Waals surface area contributed by atoms with E-state index in [9.17, 15) is 9.59 Å². The second-order valence-electron chi connectivity index (χ2n) is 4.78. The van der Waals surface area contributed by atoms with Gasteiger partial charge in [0, 0.05) is 52.4 Å². The topological polar surface area (TPSA) is 106 Å². The molecule has 0 bridgehead atoms. The molecule has 0 spiro atoms. The first-order valence-corrected chi connectivity index (χ1v) is 8.61. The van der Waals surface area contributed by atoms with Gasteiger partial charge in [-0.25, -0.2) is 0 Å². The van der Waals surface area contributed by atoms with Crippen molar-refractivity contribution >= 4 is 11.9 Å². The molecule has 0 aliphatic heterocycles. The van der Waals surface area contributed by atoms with Crippen LogP contribution < -0.4 is 16.4 Å². The lowest BCUT2D eigenvalue weighted by atomic mass is 10.3. The maximum absolute atomic E-state index is 11.2. The molecule has 8 heteroatoms. The Morgan fingerprint density at radius 2 is 1.33 bits per heavy atom. The van der Waals surface area contributed by atoms with Crippen LogP contribution in [0.3, 0.4) is 0 Å². The fourth-order valence-electron chi connectivity index (χ4n) is 1.81. The summed E-state index contributed by atoms with van der Waals surface area (Å²) < 4.78 is 9.23. The number of hydrogen-bond acceptors (Lipinski definition) is 8. The zero-order valence-corrected chi connectivity index (χ0v) is 15.7. The lowest BCUT2D eigenvalue weighted by molar-refractivity contribution is -0.141. The van der Waals surface area contributed by atoms with Crippen molar-refractivity contribution in [3.8, 4) is 0 Å². The van der Waals surface area contributed by atoms with E-state index in [2.05, 4.69) is 25.0 Å². The lowest BCUT2D eigenvalue weighted by Gasteiger charge is -2.22. The van der Waals surface area contributed by atoms with Crippen molar-refractivity contribution in [3.63, 3.8) is 0 Å². The van der Waals surface area contributed by atoms with Crippen molar-refractivity contribution in [3.05, 3.63) is 0 Å². The standard InChI is InChI=1S/C14H30N4O4.C2H6/c1-21-13(19)3-6-16-8-11-18(10-4-14(20)22-2)12-9-17-7-5-15;1-2/h16-17H,3-12,15H2,1-2H3;1-2H3. The van der Waals surface area contributed by atoms with Crippen LogP contribution in [0.15, 0.2) is 0 Å². The van der Waals surface area contributed by atoms with Crippen molar-refractivity contribution in [2.75, 3.05) is 66.6 Å². The second-order valence-corrected chi connectivity index (χ2v) is 4.78. The van der Waals surface area contributed by atoms with Crippen LogP contribution in [-0.2, 0) is 19.1 Å². The number of rotatable bonds is 14. The van der Waals surface area contributed by atoms with Gasteiger partial charge in [-0.1, -0.05) is 13.8 Å². The van der Waals surface area contributed by atoms with Crippen molar-refractivity contribution in [2.45, 2.75) is 26.7 Å². The van der Waals surface area contributed by atoms with Crippen LogP contribution in [0.4, 0.5) is 0 Å². The Hall–Kier alpha value is -1.22. The summed E-state index contributed by atoms with van der Waals surface area (Å²) in [5.41, 5.74) is 5.43. The Labute approximate surface area is 146 Å². The average Bonchev–Trinajstić information content (AvgIpc) is 2.63. The zero-order valence-electron chi connectivity index (χ0n) is 15.7. The number of ether oxygens (including phenoxy) is 2. The summed E-state index contributed by atoms with van der Waals surface area (Å²) in [4.78, 5) is 24.4. The molecule has 0 heterocycles. The molecule has 0 fully saturated rings. The molecule has 0 radical (unpaired) electrons. The Balaban J connectivity index is 0. The minimum Gasteiger partial charge on any atom is -0.469 e. The summed E-state index contributed by atoms with van der Waals surface area (Å²) in [6, 6.07) is 0. The van der Waals surface area contributed by atoms with Gasteiger partial charge >= 0.3 is 11.9 Å². The monoisotopic (exact) mass is 348 g/mol. The summed E-state index contributed by atoms with van der Waals surface area (Å²) in [6.07, 6.45) is 0.728. The molecule has 0 aromatic carbocycles. The molecule has 0 aromatic rings. The van der Waals surface area contributed by atoms with E-state index < -0.39 is 0 Å². The summed E-state index contributed by atoms with van der Waals surface area (Å²) >= 11 is 0. The van der Waals surface area contributed by atoms with Crippen LogP contribution >= 0.6 is 0 Å². The molecule has 4 N–H and O–H groups in total. The van der Waals surface area contributed by atoms with Crippen LogP contribution in [0, 0.1) is 0 Å². The van der Waals surface area contributed by atoms with E-state index in [0.717, 1.165) is 32.7 Å². The SMILES string of the molecule is CC.COC(=O)CCNCCN(CCNCCN)CCC(=O)OC. The van der Waals surface area contributed by atoms with E-state index in [4.69, 9.17) is 5.73 Å². The molecule has 8 nitrogen and oxygen atoms in total. The molecule has 0 saturated heterocycles. The van der Waals surface area contributed by atoms with Crippen molar-refractivity contribution in [1.29, 1.82) is 0 Å². The molecule has 0 aliphatic carbocycles. The smallest absolute Gasteiger partial charge is 0.306 e. The van der Waals surface area contributed by atoms with Crippen LogP contribution in [-0.4, -0.2) is 83.4 Å². The number of nitrogens with one attached hydrogen (secondary N) is 2. The molecule has 24 heavy (non-hydrogen) atoms. The summed E-state index contributed by atoms with van der Waals surface area (Å²) in [6.45, 7) is 9.81. The second kappa shape index (κ2) is 19.8. The predicted molar refractivity (Wildman–Crippen MR) is 95.8 cm³/mol. The number of methoxy groups -OCH3 is 2. The van der Waals surface area contributed by atoms with Crippen molar-refractivity contribution in [2.24, 2.45) is 5.73 Å². The molecular formula is C16H36N4O4. The highest BCUT2D eigenvalue weighted by molar-refractivity contribution is 5.69. The van der Waals surface area contributed by atoms with Crippen LogP contribution in [0.2, 0.25) is 0 Å². The normalized spacial score (nSPS) is 10.1. The third-order valence-corrected chi connectivity index (χ3v) is 3.12. The van der Waals surface area contributed by atoms with Gasteiger partial charge in [-0.05, 0) is 0 Å². The highest BCUT2D eigenvalue weighted by Gasteiger charge is 2.08. The molecule has 0 aromatic heterocycles. The lowest BCUT2D eigenvalue weighted by Crippen LogP contribution is -2.39. The predicted octanol–water partition coefficient (Wildman–Crippen LogP) is -0.421. The molecule has 0 atom stereocenters. The summed E-state index contributed by atoms with van der Waals surface area (Å²) in [7, 11) is 2.77. The molecular weight excluding hydrogens is 312 g/mol. The first-order chi connectivity index (χ1) is 11.6. The van der Waals surface area contributed by atoms with E-state index in [1.54, 1.807) is 0 Å². The number of hydrogen-bond donors (Lipinski definition) is 3. The first-order valence-electron chi connectivity index (χ1n) is 8.61. The van der Waals surface area contributed by atoms with Crippen LogP contribution in [0.25, 0.3) is 0 Å². The maximum atomic E-state index is 11.2. The highest BCUT2D eigenvalue weighted by atomic mass is 16.5. The minimum atomic E-state index is -0.221. The molecule has 0 unspecified atom stereocenters. The van der Waals surface area contributed by atoms with E-state index in [0.29, 0.717) is 32.5 Å². The van der Waals surface area contributed by atoms with E-state index >= 15 is 0 Å². The van der Waals surface area contributed by atoms with Gasteiger partial charge in [0.1, 0.15) is 0 Å². The third kappa shape index (κ3) is 17.1. The quantitative estimate of drug-likeness (QED) is 0.287. The Morgan fingerprint density at radius 1 is 0.833 bits per heavy atom. The first kappa shape index (κ1) is 25.0. The number of esters is 2. The van der Waals surface area contributed by atoms with Crippen LogP contribution in [0.1, 0.15) is 26.7 Å². The highest BCUT2D eigenvalue weighted by Crippen LogP contribution is 1.93. The number of carbonyl (C=O) groups excluding carboxylic acids is 2. The fourth-order valence-corrected chi connectivity index (χ4v) is 1.81. The van der Waals surface area contributed by atoms with E-state index in [1.807, 2.05) is 13.8 Å². The van der Waals surface area contributed by atoms with Gasteiger partial charge in [0.05, 0.1) is 27.1 Å². The van der Waals surface area contributed by atoms with Gasteiger partial charge < -0.3 is 30.7 Å². The van der Waals surface area contributed by atoms with Gasteiger partial charge in [-0.15, -0.1) is 0 Å². The minimum absolute atomic E-state index is 0.210. The van der Waals surface area contributed by atoms with E-state index in [-0.39, 0.29) is 11.9 Å². The van der Waals surface area contributed by atoms with Gasteiger partial charge in [0.25, 0.3) is 0 Å². The molecule has 0 rings (SSSR count). The third-order valence-electron chi connectivity index (χ3n) is 3.12. The zero-order chi connectivity index (χ0) is 18.6. The summed E-state index contributed by atoms with van der Waals surface area (Å²) in [5, 5.41) is 6.41. The Morgan fingerprint density at radius 3 is 1.83 bits per heavy atom. The summed E-state index contributed by atoms with van der Waals surface area (Å²) in [5.74, 6) is -0.431. The Bertz CT molecular complexity index is 304. The molecule has 144 valence electrons. The molecule has 0 aliphatic rings. The maximum Gasteiger partial charge on any atom is 0.306 e. The molecule has 0 saturated carbocycles. The average molecular weight is 348 g/mol. The van der Waals surface area contributed by atoms with E-state index in [1.165, 1.54) is 14.2 Å². The number of nitrogens with zero attached hydrogens (tertiary/aromatic N) is 1. The molecule has 0 amide bonds. The van der Waals surface area contributed by atoms with Crippen molar-refractivity contribution < 1.29 is 19.1 Å². The van der Waals surface area contributed by atoms with Gasteiger partial charge in [-0.3, -0.25) is 9.59 Å². The van der Waals surface area contributed by atoms with Gasteiger partial charge in [0.15, 0.2) is 0 Å². The van der Waals surface area contributed by atoms with Crippen LogP contribution in [0.5, 0.6) is 0 Å². The van der Waals surface area contributed by atoms with Crippen molar-refractivity contribution in [1.82, 2.24) is 15.5 Å². The largest absolute Gasteiger partial charge is 0.469 e. The number of nitrogens with two attached hydrogens (primary N) is 1. The van der Waals surface area contributed by atoms with Gasteiger partial charge in [-0.2, -0.15) is 0 Å². The Kier molecular flexibility index (Phi) is 20.7. The van der Waals surface area contributed by atoms with Gasteiger partial charge in [0.2, 0.25) is 0 Å².